The van der Waals surface area contributed by atoms with Crippen LogP contribution in [-0.2, 0) is 6.42 Å². The molecule has 14 heavy (non-hydrogen) atoms. The Morgan fingerprint density at radius 1 is 1.21 bits per heavy atom. The highest BCUT2D eigenvalue weighted by molar-refractivity contribution is 5.68. The smallest absolute Gasteiger partial charge is 0.0196 e. The molecular weight excluding hydrogens is 168 g/mol. The van der Waals surface area contributed by atoms with Gasteiger partial charge in [0.25, 0.3) is 0 Å². The van der Waals surface area contributed by atoms with Crippen LogP contribution in [0.3, 0.4) is 0 Å². The summed E-state index contributed by atoms with van der Waals surface area (Å²) in [5.74, 6) is 0. The maximum Gasteiger partial charge on any atom is -0.0196 e. The predicted octanol–water partition coefficient (Wildman–Crippen LogP) is 4.45. The molecule has 76 valence electrons. The fraction of sp³-hybridized carbons (Fsp3) is 0.429. The second kappa shape index (κ2) is 5.64. The molecule has 0 fully saturated rings. The van der Waals surface area contributed by atoms with E-state index >= 15 is 0 Å². The average Bonchev–Trinajstić information content (AvgIpc) is 2.26. The minimum atomic E-state index is 1.12. The third-order valence-electron chi connectivity index (χ3n) is 2.61. The van der Waals surface area contributed by atoms with Crippen LogP contribution in [0.25, 0.3) is 5.57 Å². The molecule has 0 nitrogen and oxygen atoms in total. The molecule has 0 saturated heterocycles. The molecule has 0 N–H and O–H groups in total. The van der Waals surface area contributed by atoms with E-state index in [-0.39, 0.29) is 0 Å². The van der Waals surface area contributed by atoms with Crippen molar-refractivity contribution >= 4 is 5.57 Å². The van der Waals surface area contributed by atoms with Gasteiger partial charge in [0, 0.05) is 0 Å². The van der Waals surface area contributed by atoms with E-state index in [0.29, 0.717) is 0 Å². The molecular formula is C14H20. The van der Waals surface area contributed by atoms with E-state index in [0.717, 1.165) is 6.42 Å². The molecule has 0 aliphatic rings. The van der Waals surface area contributed by atoms with Crippen LogP contribution < -0.4 is 0 Å². The van der Waals surface area contributed by atoms with Gasteiger partial charge < -0.3 is 0 Å². The van der Waals surface area contributed by atoms with Gasteiger partial charge in [0.15, 0.2) is 0 Å². The number of rotatable bonds is 4. The lowest BCUT2D eigenvalue weighted by atomic mass is 9.95. The fourth-order valence-corrected chi connectivity index (χ4v) is 1.85. The van der Waals surface area contributed by atoms with Crippen molar-refractivity contribution in [3.8, 4) is 0 Å². The topological polar surface area (TPSA) is 0 Å². The van der Waals surface area contributed by atoms with Crippen LogP contribution in [0.1, 0.15) is 44.7 Å². The summed E-state index contributed by atoms with van der Waals surface area (Å²) in [6.07, 6.45) is 5.78. The van der Waals surface area contributed by atoms with Crippen LogP contribution in [-0.4, -0.2) is 0 Å². The van der Waals surface area contributed by atoms with Gasteiger partial charge in [-0.3, -0.25) is 0 Å². The summed E-state index contributed by atoms with van der Waals surface area (Å²) in [5, 5.41) is 0. The Morgan fingerprint density at radius 2 is 1.93 bits per heavy atom. The van der Waals surface area contributed by atoms with E-state index in [1.54, 1.807) is 0 Å². The first-order valence-electron chi connectivity index (χ1n) is 5.56. The molecule has 0 atom stereocenters. The molecule has 1 aromatic rings. The Morgan fingerprint density at radius 3 is 2.50 bits per heavy atom. The van der Waals surface area contributed by atoms with Crippen molar-refractivity contribution in [3.63, 3.8) is 0 Å². The Kier molecular flexibility index (Phi) is 4.45. The third-order valence-corrected chi connectivity index (χ3v) is 2.61. The van der Waals surface area contributed by atoms with Crippen LogP contribution in [0.5, 0.6) is 0 Å². The van der Waals surface area contributed by atoms with Crippen LogP contribution in [0.15, 0.2) is 30.3 Å². The molecule has 0 aliphatic carbocycles. The molecule has 1 rings (SSSR count). The molecule has 0 amide bonds. The fourth-order valence-electron chi connectivity index (χ4n) is 1.85. The Bertz CT molecular complexity index is 308. The number of hydrogen-bond donors (Lipinski definition) is 0. The minimum Gasteiger partial charge on any atom is -0.0838 e. The number of benzene rings is 1. The van der Waals surface area contributed by atoms with Crippen molar-refractivity contribution in [2.45, 2.75) is 40.0 Å². The average molecular weight is 188 g/mol. The maximum atomic E-state index is 2.25. The molecule has 1 aromatic carbocycles. The molecule has 0 radical (unpaired) electrons. The van der Waals surface area contributed by atoms with E-state index in [1.807, 2.05) is 0 Å². The summed E-state index contributed by atoms with van der Waals surface area (Å²) in [4.78, 5) is 0. The quantitative estimate of drug-likeness (QED) is 0.654. The van der Waals surface area contributed by atoms with Crippen molar-refractivity contribution in [3.05, 3.63) is 41.5 Å². The number of hydrogen-bond acceptors (Lipinski definition) is 0. The lowest BCUT2D eigenvalue weighted by molar-refractivity contribution is 0.966. The summed E-state index contributed by atoms with van der Waals surface area (Å²) in [7, 11) is 0. The van der Waals surface area contributed by atoms with Crippen LogP contribution in [0, 0.1) is 0 Å². The van der Waals surface area contributed by atoms with Crippen molar-refractivity contribution in [1.82, 2.24) is 0 Å². The molecule has 0 heterocycles. The Balaban J connectivity index is 3.03. The third kappa shape index (κ3) is 2.47. The highest BCUT2D eigenvalue weighted by atomic mass is 14.1. The maximum absolute atomic E-state index is 2.25. The second-order valence-corrected chi connectivity index (χ2v) is 3.57. The zero-order valence-electron chi connectivity index (χ0n) is 9.51. The molecule has 0 spiro atoms. The summed E-state index contributed by atoms with van der Waals surface area (Å²) < 4.78 is 0. The number of allylic oxidation sites excluding steroid dienone is 2. The van der Waals surface area contributed by atoms with Gasteiger partial charge in [-0.25, -0.2) is 0 Å². The summed E-state index contributed by atoms with van der Waals surface area (Å²) in [6.45, 7) is 6.59. The van der Waals surface area contributed by atoms with Crippen LogP contribution in [0.2, 0.25) is 0 Å². The molecule has 0 aromatic heterocycles. The molecule has 0 bridgehead atoms. The van der Waals surface area contributed by atoms with E-state index in [9.17, 15) is 0 Å². The van der Waals surface area contributed by atoms with Crippen molar-refractivity contribution in [2.75, 3.05) is 0 Å². The zero-order chi connectivity index (χ0) is 10.4. The molecule has 0 unspecified atom stereocenters. The minimum absolute atomic E-state index is 1.12. The van der Waals surface area contributed by atoms with Gasteiger partial charge in [0.2, 0.25) is 0 Å². The van der Waals surface area contributed by atoms with E-state index < -0.39 is 0 Å². The lowest BCUT2D eigenvalue weighted by Crippen LogP contribution is -1.91. The van der Waals surface area contributed by atoms with Crippen LogP contribution in [0.4, 0.5) is 0 Å². The summed E-state index contributed by atoms with van der Waals surface area (Å²) >= 11 is 0. The number of aryl methyl sites for hydroxylation is 1. The first kappa shape index (κ1) is 11.0. The monoisotopic (exact) mass is 188 g/mol. The standard InChI is InChI=1S/C14H20/c1-4-9-12(5-2)14-11-8-7-10-13(14)6-3/h5,7-8,10-11H,4,6,9H2,1-3H3. The lowest BCUT2D eigenvalue weighted by Gasteiger charge is -2.10. The van der Waals surface area contributed by atoms with Gasteiger partial charge in [0.05, 0.1) is 0 Å². The SMILES string of the molecule is CC=C(CCC)c1ccccc1CC. The zero-order valence-corrected chi connectivity index (χ0v) is 9.51. The van der Waals surface area contributed by atoms with Gasteiger partial charge in [-0.15, -0.1) is 0 Å². The largest absolute Gasteiger partial charge is 0.0838 e. The Hall–Kier alpha value is -1.04. The second-order valence-electron chi connectivity index (χ2n) is 3.57. The van der Waals surface area contributed by atoms with Gasteiger partial charge >= 0.3 is 0 Å². The predicted molar refractivity (Wildman–Crippen MR) is 64.4 cm³/mol. The van der Waals surface area contributed by atoms with Crippen LogP contribution >= 0.6 is 0 Å². The van der Waals surface area contributed by atoms with E-state index in [4.69, 9.17) is 0 Å². The van der Waals surface area contributed by atoms with Crippen molar-refractivity contribution in [1.29, 1.82) is 0 Å². The molecule has 0 aliphatic heterocycles. The highest BCUT2D eigenvalue weighted by Gasteiger charge is 2.03. The van der Waals surface area contributed by atoms with E-state index in [2.05, 4.69) is 51.1 Å². The normalized spacial score (nSPS) is 11.8. The summed E-state index contributed by atoms with van der Waals surface area (Å²) in [6, 6.07) is 8.73. The van der Waals surface area contributed by atoms with E-state index in [1.165, 1.54) is 29.5 Å². The molecule has 0 heteroatoms. The van der Waals surface area contributed by atoms with Gasteiger partial charge in [0.1, 0.15) is 0 Å². The first-order valence-corrected chi connectivity index (χ1v) is 5.56. The van der Waals surface area contributed by atoms with Crippen molar-refractivity contribution in [2.24, 2.45) is 0 Å². The van der Waals surface area contributed by atoms with Gasteiger partial charge in [-0.1, -0.05) is 50.6 Å². The van der Waals surface area contributed by atoms with Gasteiger partial charge in [-0.05, 0) is 36.5 Å². The Labute approximate surface area is 87.7 Å². The summed E-state index contributed by atoms with van der Waals surface area (Å²) in [5.41, 5.74) is 4.40. The molecule has 0 saturated carbocycles. The highest BCUT2D eigenvalue weighted by Crippen LogP contribution is 2.23. The van der Waals surface area contributed by atoms with Gasteiger partial charge in [-0.2, -0.15) is 0 Å². The van der Waals surface area contributed by atoms with Crippen molar-refractivity contribution < 1.29 is 0 Å². The first-order chi connectivity index (χ1) is 6.83.